The van der Waals surface area contributed by atoms with Crippen LogP contribution in [0.2, 0.25) is 0 Å². The molecule has 1 atom stereocenters. The summed E-state index contributed by atoms with van der Waals surface area (Å²) in [5, 5.41) is 17.1. The van der Waals surface area contributed by atoms with Gasteiger partial charge in [0, 0.05) is 12.8 Å². The largest absolute Gasteiger partial charge is 0.481 e. The molecule has 0 aromatic rings. The van der Waals surface area contributed by atoms with Crippen LogP contribution in [-0.2, 0) is 9.59 Å². The highest BCUT2D eigenvalue weighted by Gasteiger charge is 2.05. The van der Waals surface area contributed by atoms with Crippen LogP contribution in [-0.4, -0.2) is 22.2 Å². The van der Waals surface area contributed by atoms with E-state index in [1.165, 1.54) is 38.5 Å². The highest BCUT2D eigenvalue weighted by atomic mass is 16.4. The first-order chi connectivity index (χ1) is 11.6. The smallest absolute Gasteiger partial charge is 0.303 e. The van der Waals surface area contributed by atoms with Crippen LogP contribution in [0.15, 0.2) is 12.7 Å². The SMILES string of the molecule is C=CC(CCCCCCCCCCC(=O)O)CCCCCC(=O)O. The number of unbranched alkanes of at least 4 members (excludes halogenated alkanes) is 9. The molecule has 2 N–H and O–H groups in total. The zero-order valence-corrected chi connectivity index (χ0v) is 15.2. The Hall–Kier alpha value is -1.32. The van der Waals surface area contributed by atoms with E-state index in [4.69, 9.17) is 10.2 Å². The molecule has 4 nitrogen and oxygen atoms in total. The Morgan fingerprint density at radius 3 is 1.38 bits per heavy atom. The van der Waals surface area contributed by atoms with Gasteiger partial charge in [-0.3, -0.25) is 9.59 Å². The molecule has 0 radical (unpaired) electrons. The molecule has 0 aliphatic heterocycles. The summed E-state index contributed by atoms with van der Waals surface area (Å²) in [6.45, 7) is 3.92. The molecule has 1 unspecified atom stereocenters. The van der Waals surface area contributed by atoms with Gasteiger partial charge in [0.25, 0.3) is 0 Å². The lowest BCUT2D eigenvalue weighted by atomic mass is 9.94. The summed E-state index contributed by atoms with van der Waals surface area (Å²) < 4.78 is 0. The maximum Gasteiger partial charge on any atom is 0.303 e. The zero-order valence-electron chi connectivity index (χ0n) is 15.2. The summed E-state index contributed by atoms with van der Waals surface area (Å²) in [5.41, 5.74) is 0. The Kier molecular flexibility index (Phi) is 15.6. The number of carbonyl (C=O) groups is 2. The van der Waals surface area contributed by atoms with Gasteiger partial charge in [0.05, 0.1) is 0 Å². The number of allylic oxidation sites excluding steroid dienone is 1. The van der Waals surface area contributed by atoms with Crippen molar-refractivity contribution in [2.24, 2.45) is 5.92 Å². The monoisotopic (exact) mass is 340 g/mol. The molecule has 0 amide bonds. The number of hydrogen-bond acceptors (Lipinski definition) is 2. The lowest BCUT2D eigenvalue weighted by molar-refractivity contribution is -0.138. The van der Waals surface area contributed by atoms with Crippen molar-refractivity contribution in [3.63, 3.8) is 0 Å². The summed E-state index contributed by atoms with van der Waals surface area (Å²) in [5.74, 6) is -0.809. The van der Waals surface area contributed by atoms with Crippen LogP contribution >= 0.6 is 0 Å². The molecule has 0 fully saturated rings. The third kappa shape index (κ3) is 17.0. The molecule has 0 spiro atoms. The predicted octanol–water partition coefficient (Wildman–Crippen LogP) is 5.81. The van der Waals surface area contributed by atoms with Crippen LogP contribution in [0.3, 0.4) is 0 Å². The summed E-state index contributed by atoms with van der Waals surface area (Å²) in [6, 6.07) is 0. The van der Waals surface area contributed by atoms with Gasteiger partial charge in [-0.15, -0.1) is 6.58 Å². The minimum absolute atomic E-state index is 0.287. The maximum absolute atomic E-state index is 10.4. The molecule has 0 aliphatic rings. The van der Waals surface area contributed by atoms with Gasteiger partial charge in [-0.05, 0) is 31.6 Å². The molecule has 0 saturated heterocycles. The first-order valence-corrected chi connectivity index (χ1v) is 9.62. The Bertz CT molecular complexity index is 339. The normalized spacial score (nSPS) is 12.0. The van der Waals surface area contributed by atoms with E-state index in [0.29, 0.717) is 12.3 Å². The molecule has 140 valence electrons. The molecule has 0 aromatic carbocycles. The van der Waals surface area contributed by atoms with E-state index in [1.54, 1.807) is 0 Å². The van der Waals surface area contributed by atoms with Gasteiger partial charge in [-0.25, -0.2) is 0 Å². The van der Waals surface area contributed by atoms with Crippen molar-refractivity contribution < 1.29 is 19.8 Å². The third-order valence-electron chi connectivity index (χ3n) is 4.51. The molecular weight excluding hydrogens is 304 g/mol. The lowest BCUT2D eigenvalue weighted by Crippen LogP contribution is -1.98. The number of carboxylic acid groups (broad SMARTS) is 2. The van der Waals surface area contributed by atoms with E-state index in [2.05, 4.69) is 12.7 Å². The van der Waals surface area contributed by atoms with Crippen molar-refractivity contribution in [2.75, 3.05) is 0 Å². The number of aliphatic carboxylic acids is 2. The van der Waals surface area contributed by atoms with Gasteiger partial charge < -0.3 is 10.2 Å². The number of hydrogen-bond donors (Lipinski definition) is 2. The lowest BCUT2D eigenvalue weighted by Gasteiger charge is -2.12. The molecule has 0 aromatic heterocycles. The molecule has 0 saturated carbocycles. The van der Waals surface area contributed by atoms with Gasteiger partial charge in [-0.2, -0.15) is 0 Å². The molecule has 24 heavy (non-hydrogen) atoms. The maximum atomic E-state index is 10.4. The summed E-state index contributed by atoms with van der Waals surface area (Å²) in [4.78, 5) is 20.8. The van der Waals surface area contributed by atoms with Crippen LogP contribution in [0, 0.1) is 5.92 Å². The second-order valence-corrected chi connectivity index (χ2v) is 6.75. The van der Waals surface area contributed by atoms with E-state index in [-0.39, 0.29) is 6.42 Å². The Balaban J connectivity index is 3.36. The van der Waals surface area contributed by atoms with E-state index < -0.39 is 11.9 Å². The summed E-state index contributed by atoms with van der Waals surface area (Å²) in [7, 11) is 0. The highest BCUT2D eigenvalue weighted by Crippen LogP contribution is 2.19. The van der Waals surface area contributed by atoms with Crippen LogP contribution < -0.4 is 0 Å². The summed E-state index contributed by atoms with van der Waals surface area (Å²) >= 11 is 0. The molecule has 0 aliphatic carbocycles. The van der Waals surface area contributed by atoms with Crippen molar-refractivity contribution in [3.05, 3.63) is 12.7 Å². The fourth-order valence-corrected chi connectivity index (χ4v) is 2.98. The van der Waals surface area contributed by atoms with Gasteiger partial charge >= 0.3 is 11.9 Å². The first-order valence-electron chi connectivity index (χ1n) is 9.62. The van der Waals surface area contributed by atoms with Crippen molar-refractivity contribution in [1.29, 1.82) is 0 Å². The van der Waals surface area contributed by atoms with Crippen LogP contribution in [0.25, 0.3) is 0 Å². The average molecular weight is 341 g/mol. The van der Waals surface area contributed by atoms with E-state index in [0.717, 1.165) is 44.9 Å². The van der Waals surface area contributed by atoms with E-state index in [9.17, 15) is 9.59 Å². The van der Waals surface area contributed by atoms with Gasteiger partial charge in [0.15, 0.2) is 0 Å². The van der Waals surface area contributed by atoms with Crippen molar-refractivity contribution in [2.45, 2.75) is 96.3 Å². The van der Waals surface area contributed by atoms with E-state index in [1.807, 2.05) is 0 Å². The second-order valence-electron chi connectivity index (χ2n) is 6.75. The highest BCUT2D eigenvalue weighted by molar-refractivity contribution is 5.66. The first kappa shape index (κ1) is 22.7. The van der Waals surface area contributed by atoms with E-state index >= 15 is 0 Å². The number of carboxylic acids is 2. The third-order valence-corrected chi connectivity index (χ3v) is 4.51. The standard InChI is InChI=1S/C20H36O4/c1-2-18(15-11-9-13-17-20(23)24)14-10-7-5-3-4-6-8-12-16-19(21)22/h2,18H,1,3-17H2,(H,21,22)(H,23,24). The Morgan fingerprint density at radius 2 is 1.00 bits per heavy atom. The van der Waals surface area contributed by atoms with Gasteiger partial charge in [0.1, 0.15) is 0 Å². The minimum Gasteiger partial charge on any atom is -0.481 e. The molecule has 4 heteroatoms. The fourth-order valence-electron chi connectivity index (χ4n) is 2.98. The average Bonchev–Trinajstić information content (AvgIpc) is 2.53. The van der Waals surface area contributed by atoms with Crippen molar-refractivity contribution >= 4 is 11.9 Å². The molecule has 0 bridgehead atoms. The topological polar surface area (TPSA) is 74.6 Å². The van der Waals surface area contributed by atoms with Crippen LogP contribution in [0.4, 0.5) is 0 Å². The number of rotatable bonds is 18. The van der Waals surface area contributed by atoms with Gasteiger partial charge in [0.2, 0.25) is 0 Å². The minimum atomic E-state index is -0.697. The zero-order chi connectivity index (χ0) is 18.0. The van der Waals surface area contributed by atoms with Crippen molar-refractivity contribution in [3.8, 4) is 0 Å². The van der Waals surface area contributed by atoms with Crippen LogP contribution in [0.5, 0.6) is 0 Å². The summed E-state index contributed by atoms with van der Waals surface area (Å²) in [6.07, 6.45) is 17.1. The molecule has 0 rings (SSSR count). The quantitative estimate of drug-likeness (QED) is 0.244. The molecule has 0 heterocycles. The molecular formula is C20H36O4. The predicted molar refractivity (Wildman–Crippen MR) is 98.2 cm³/mol. The second kappa shape index (κ2) is 16.5. The van der Waals surface area contributed by atoms with Crippen molar-refractivity contribution in [1.82, 2.24) is 0 Å². The Morgan fingerprint density at radius 1 is 0.667 bits per heavy atom. The van der Waals surface area contributed by atoms with Crippen LogP contribution in [0.1, 0.15) is 96.3 Å². The Labute approximate surface area is 147 Å². The van der Waals surface area contributed by atoms with Gasteiger partial charge in [-0.1, -0.05) is 63.9 Å². The fraction of sp³-hybridized carbons (Fsp3) is 0.800.